The first-order valence-corrected chi connectivity index (χ1v) is 44.6. The van der Waals surface area contributed by atoms with Crippen molar-refractivity contribution in [3.63, 3.8) is 0 Å². The molecular weight excluding hydrogens is 1170 g/mol. The zero-order valence-electron chi connectivity index (χ0n) is 67.4. The lowest BCUT2D eigenvalue weighted by Crippen LogP contribution is -2.35. The van der Waals surface area contributed by atoms with Crippen LogP contribution in [0.25, 0.3) is 0 Å². The molecule has 0 aromatic rings. The summed E-state index contributed by atoms with van der Waals surface area (Å²) >= 11 is 0. The number of likely N-dealkylation sites (tertiary alicyclic amines) is 1. The first-order chi connectivity index (χ1) is 46.5. The monoisotopic (exact) mass is 1340 g/mol. The number of hydrogen-bond donors (Lipinski definition) is 0. The van der Waals surface area contributed by atoms with Crippen LogP contribution in [0.4, 0.5) is 0 Å². The van der Waals surface area contributed by atoms with Crippen LogP contribution in [0.3, 0.4) is 0 Å². The van der Waals surface area contributed by atoms with E-state index in [0.717, 1.165) is 171 Å². The molecule has 6 fully saturated rings. The van der Waals surface area contributed by atoms with Crippen molar-refractivity contribution < 1.29 is 18.9 Å². The van der Waals surface area contributed by atoms with Gasteiger partial charge in [0.2, 0.25) is 0 Å². The number of rotatable bonds is 3. The van der Waals surface area contributed by atoms with Crippen LogP contribution in [-0.4, -0.2) is 76.4 Å². The summed E-state index contributed by atoms with van der Waals surface area (Å²) in [5.41, 5.74) is 0. The molecule has 2 saturated heterocycles. The molecule has 2 aliphatic heterocycles. The molecule has 0 aromatic carbocycles. The molecule has 0 N–H and O–H groups in total. The van der Waals surface area contributed by atoms with E-state index in [1.54, 1.807) is 0 Å². The molecule has 0 aromatic heterocycles. The molecule has 6 rings (SSSR count). The van der Waals surface area contributed by atoms with Crippen molar-refractivity contribution in [3.05, 3.63) is 0 Å². The standard InChI is InChI=1S/C91H173NO4/c1-14-90-68-93-59-53-74(6)29-21-37-82-45-49-86(63-82)78(10)33-17-25-70(2)41-42-71(3)26-18-34-79(11)87-50-46-83(64-87)38-22-30-75(7)54-60-94-69-91(67-92-57-15-16-58-92)96-62-56-77(9)32-24-40-85-48-52-89(66-85)81(13)36-20-28-73(5)44-43-72(4)27-19-35-80(12)88-51-47-84(65-88)39-23-31-76(8)55-61-95-90/h70-91H,14-69H2,1-13H3. The Morgan fingerprint density at radius 3 is 0.812 bits per heavy atom. The van der Waals surface area contributed by atoms with Gasteiger partial charge >= 0.3 is 0 Å². The van der Waals surface area contributed by atoms with Gasteiger partial charge in [0.25, 0.3) is 0 Å². The highest BCUT2D eigenvalue weighted by molar-refractivity contribution is 4.84. The lowest BCUT2D eigenvalue weighted by molar-refractivity contribution is -0.0353. The third kappa shape index (κ3) is 36.5. The fraction of sp³-hybridized carbons (Fsp3) is 1.00. The maximum absolute atomic E-state index is 6.70. The quantitative estimate of drug-likeness (QED) is 0.282. The minimum atomic E-state index is 0.218. The smallest absolute Gasteiger partial charge is 0.0934 e. The summed E-state index contributed by atoms with van der Waals surface area (Å²) in [6.07, 6.45) is 67.1. The molecule has 5 nitrogen and oxygen atoms in total. The van der Waals surface area contributed by atoms with Crippen LogP contribution >= 0.6 is 0 Å². The van der Waals surface area contributed by atoms with Crippen molar-refractivity contribution in [2.24, 2.45) is 118 Å². The second-order valence-corrected chi connectivity index (χ2v) is 37.8. The maximum atomic E-state index is 6.70. The number of hydrogen-bond acceptors (Lipinski definition) is 5. The fourth-order valence-corrected chi connectivity index (χ4v) is 20.5. The van der Waals surface area contributed by atoms with Crippen LogP contribution < -0.4 is 0 Å². The van der Waals surface area contributed by atoms with Gasteiger partial charge in [0.1, 0.15) is 0 Å². The summed E-state index contributed by atoms with van der Waals surface area (Å²) in [5, 5.41) is 0. The van der Waals surface area contributed by atoms with Crippen molar-refractivity contribution in [1.82, 2.24) is 4.90 Å². The predicted molar refractivity (Wildman–Crippen MR) is 418 cm³/mol. The van der Waals surface area contributed by atoms with Crippen molar-refractivity contribution in [1.29, 1.82) is 0 Å². The summed E-state index contributed by atoms with van der Waals surface area (Å²) in [6, 6.07) is 0. The Balaban J connectivity index is 0.863. The van der Waals surface area contributed by atoms with E-state index in [1.807, 2.05) is 0 Å². The highest BCUT2D eigenvalue weighted by atomic mass is 16.5. The summed E-state index contributed by atoms with van der Waals surface area (Å²) in [6.45, 7) is 41.6. The molecule has 22 unspecified atom stereocenters. The lowest BCUT2D eigenvalue weighted by Gasteiger charge is -2.25. The highest BCUT2D eigenvalue weighted by Gasteiger charge is 2.33. The van der Waals surface area contributed by atoms with Gasteiger partial charge in [0, 0.05) is 33.0 Å². The molecule has 22 atom stereocenters. The number of nitrogens with zero attached hydrogens (tertiary/aromatic N) is 1. The minimum absolute atomic E-state index is 0.218. The summed E-state index contributed by atoms with van der Waals surface area (Å²) < 4.78 is 25.9. The highest BCUT2D eigenvalue weighted by Crippen LogP contribution is 2.45. The second-order valence-electron chi connectivity index (χ2n) is 37.8. The van der Waals surface area contributed by atoms with Crippen LogP contribution in [-0.2, 0) is 18.9 Å². The molecule has 5 heteroatoms. The van der Waals surface area contributed by atoms with Gasteiger partial charge < -0.3 is 23.8 Å². The second kappa shape index (κ2) is 50.3. The normalized spacial score (nSPS) is 40.5. The first-order valence-electron chi connectivity index (χ1n) is 44.6. The van der Waals surface area contributed by atoms with E-state index in [9.17, 15) is 0 Å². The molecular formula is C91H173NO4. The molecule has 2 heterocycles. The van der Waals surface area contributed by atoms with Gasteiger partial charge in [-0.1, -0.05) is 295 Å². The van der Waals surface area contributed by atoms with Crippen molar-refractivity contribution >= 4 is 0 Å². The third-order valence-electron chi connectivity index (χ3n) is 28.7. The summed E-state index contributed by atoms with van der Waals surface area (Å²) in [7, 11) is 0. The Kier molecular flexibility index (Phi) is 44.4. The van der Waals surface area contributed by atoms with Crippen LogP contribution in [0.1, 0.15) is 392 Å². The third-order valence-corrected chi connectivity index (χ3v) is 28.7. The molecule has 0 amide bonds. The average Bonchev–Trinajstić information content (AvgIpc) is 2.16. The molecule has 8 bridgehead atoms. The van der Waals surface area contributed by atoms with Gasteiger partial charge in [-0.2, -0.15) is 0 Å². The zero-order chi connectivity index (χ0) is 68.7. The molecule has 4 saturated carbocycles. The maximum Gasteiger partial charge on any atom is 0.0934 e. The van der Waals surface area contributed by atoms with Crippen LogP contribution in [0, 0.1) is 118 Å². The number of ether oxygens (including phenoxy) is 4. The van der Waals surface area contributed by atoms with E-state index in [-0.39, 0.29) is 12.2 Å². The molecule has 0 spiro atoms. The average molecular weight is 1350 g/mol. The Hall–Kier alpha value is -0.200. The van der Waals surface area contributed by atoms with Crippen LogP contribution in [0.15, 0.2) is 0 Å². The lowest BCUT2D eigenvalue weighted by atomic mass is 9.84. The van der Waals surface area contributed by atoms with E-state index in [4.69, 9.17) is 18.9 Å². The van der Waals surface area contributed by atoms with E-state index < -0.39 is 0 Å². The molecule has 4 aliphatic carbocycles. The van der Waals surface area contributed by atoms with Gasteiger partial charge in [-0.3, -0.25) is 0 Å². The molecule has 0 radical (unpaired) electrons. The van der Waals surface area contributed by atoms with Crippen molar-refractivity contribution in [2.75, 3.05) is 59.3 Å². The summed E-state index contributed by atoms with van der Waals surface area (Å²) in [5.74, 6) is 18.1. The largest absolute Gasteiger partial charge is 0.379 e. The fourth-order valence-electron chi connectivity index (χ4n) is 20.5. The van der Waals surface area contributed by atoms with Gasteiger partial charge in [-0.15, -0.1) is 0 Å². The van der Waals surface area contributed by atoms with Crippen LogP contribution in [0.5, 0.6) is 0 Å². The Bertz CT molecular complexity index is 1830. The van der Waals surface area contributed by atoms with Crippen LogP contribution in [0.2, 0.25) is 0 Å². The Labute approximate surface area is 602 Å². The van der Waals surface area contributed by atoms with Crippen molar-refractivity contribution in [3.8, 4) is 0 Å². The van der Waals surface area contributed by atoms with E-state index >= 15 is 0 Å². The minimum Gasteiger partial charge on any atom is -0.379 e. The van der Waals surface area contributed by atoms with E-state index in [2.05, 4.69) is 94.9 Å². The summed E-state index contributed by atoms with van der Waals surface area (Å²) in [4.78, 5) is 2.64. The van der Waals surface area contributed by atoms with E-state index in [1.165, 1.54) is 308 Å². The Morgan fingerprint density at radius 1 is 0.250 bits per heavy atom. The molecule has 6 aliphatic rings. The number of fused-ring (bicyclic) bond motifs is 8. The Morgan fingerprint density at radius 2 is 0.510 bits per heavy atom. The van der Waals surface area contributed by atoms with Gasteiger partial charge in [0.15, 0.2) is 0 Å². The van der Waals surface area contributed by atoms with E-state index in [0.29, 0.717) is 0 Å². The van der Waals surface area contributed by atoms with Gasteiger partial charge in [0.05, 0.1) is 25.4 Å². The molecule has 96 heavy (non-hydrogen) atoms. The first kappa shape index (κ1) is 84.7. The van der Waals surface area contributed by atoms with Crippen molar-refractivity contribution in [2.45, 2.75) is 404 Å². The molecule has 566 valence electrons. The SMILES string of the molecule is CCC1COCCC(C)CCCC2CCC(C2)C(C)CCCC(C)CCC(C)CCCC(C)C2CCC(CCCC(C)CCOCC(CN3CCCC3)OCCC(C)CCCC3CCC(C3)C(C)CCCC(C)CCC(C)CCCC(C)C3CCC(CCCC(C)CCO1)C3)C2. The van der Waals surface area contributed by atoms with Gasteiger partial charge in [-0.25, -0.2) is 0 Å². The zero-order valence-corrected chi connectivity index (χ0v) is 67.4. The predicted octanol–water partition coefficient (Wildman–Crippen LogP) is 27.1. The van der Waals surface area contributed by atoms with Gasteiger partial charge in [-0.05, 0) is 228 Å². The topological polar surface area (TPSA) is 40.2 Å².